The van der Waals surface area contributed by atoms with Crippen molar-refractivity contribution >= 4 is 27.3 Å². The van der Waals surface area contributed by atoms with Gasteiger partial charge in [0.1, 0.15) is 0 Å². The molecule has 0 unspecified atom stereocenters. The first kappa shape index (κ1) is 24.3. The fourth-order valence-corrected chi connectivity index (χ4v) is 6.36. The first-order valence-corrected chi connectivity index (χ1v) is 11.8. The van der Waals surface area contributed by atoms with Gasteiger partial charge in [0.25, 0.3) is 0 Å². The number of ether oxygens (including phenoxy) is 2. The van der Waals surface area contributed by atoms with E-state index in [0.717, 1.165) is 0 Å². The highest BCUT2D eigenvalue weighted by molar-refractivity contribution is 7.93. The smallest absolute Gasteiger partial charge is 0.387 e. The normalized spacial score (nSPS) is 15.6. The van der Waals surface area contributed by atoms with Gasteiger partial charge in [-0.15, -0.1) is 0 Å². The van der Waals surface area contributed by atoms with Gasteiger partial charge in [-0.3, -0.25) is 4.79 Å². The van der Waals surface area contributed by atoms with E-state index in [1.807, 2.05) is 0 Å². The van der Waals surface area contributed by atoms with Gasteiger partial charge in [0.05, 0.1) is 12.0 Å². The molecule has 10 heteroatoms. The predicted octanol–water partition coefficient (Wildman–Crippen LogP) is 4.70. The number of benzene rings is 2. The molecule has 2 aromatic carbocycles. The monoisotopic (exact) mass is 487 g/mol. The van der Waals surface area contributed by atoms with E-state index in [0.29, 0.717) is 23.4 Å². The highest BCUT2D eigenvalue weighted by Gasteiger charge is 2.54. The van der Waals surface area contributed by atoms with Crippen molar-refractivity contribution in [2.75, 3.05) is 14.2 Å². The fourth-order valence-electron chi connectivity index (χ4n) is 4.08. The molecule has 0 spiro atoms. The van der Waals surface area contributed by atoms with E-state index in [1.165, 1.54) is 61.5 Å². The van der Waals surface area contributed by atoms with E-state index >= 15 is 0 Å². The molecule has 0 atom stereocenters. The lowest BCUT2D eigenvalue weighted by Crippen LogP contribution is -2.50. The van der Waals surface area contributed by atoms with Gasteiger partial charge in [0, 0.05) is 18.6 Å². The number of nitrogens with zero attached hydrogens (tertiary/aromatic N) is 1. The van der Waals surface area contributed by atoms with Crippen LogP contribution in [0.25, 0.3) is 0 Å². The van der Waals surface area contributed by atoms with Crippen molar-refractivity contribution in [2.45, 2.75) is 48.5 Å². The Morgan fingerprint density at radius 3 is 2.31 bits per heavy atom. The molecule has 0 bridgehead atoms. The predicted molar refractivity (Wildman–Crippen MR) is 116 cm³/mol. The van der Waals surface area contributed by atoms with Crippen molar-refractivity contribution in [3.05, 3.63) is 53.1 Å². The van der Waals surface area contributed by atoms with Gasteiger partial charge in [-0.2, -0.15) is 8.78 Å². The third-order valence-electron chi connectivity index (χ3n) is 5.65. The molecule has 0 saturated heterocycles. The summed E-state index contributed by atoms with van der Waals surface area (Å²) < 4.78 is 60.1. The van der Waals surface area contributed by atoms with Crippen molar-refractivity contribution in [2.24, 2.45) is 0 Å². The minimum atomic E-state index is -3.96. The number of halogens is 3. The van der Waals surface area contributed by atoms with Crippen LogP contribution in [-0.2, 0) is 21.2 Å². The number of methoxy groups -OCH3 is 1. The molecule has 1 aliphatic rings. The Balaban J connectivity index is 1.88. The Hall–Kier alpha value is -2.39. The second kappa shape index (κ2) is 9.62. The van der Waals surface area contributed by atoms with Crippen molar-refractivity contribution in [3.8, 4) is 11.5 Å². The van der Waals surface area contributed by atoms with Crippen LogP contribution < -0.4 is 9.47 Å². The van der Waals surface area contributed by atoms with Crippen LogP contribution in [0, 0.1) is 0 Å². The van der Waals surface area contributed by atoms with E-state index in [4.69, 9.17) is 16.3 Å². The van der Waals surface area contributed by atoms with E-state index in [2.05, 4.69) is 4.74 Å². The second-order valence-corrected chi connectivity index (χ2v) is 10.4. The van der Waals surface area contributed by atoms with Crippen molar-refractivity contribution in [1.29, 1.82) is 0 Å². The number of carbonyl (C=O) groups is 1. The lowest BCUT2D eigenvalue weighted by atomic mass is 10.0. The summed E-state index contributed by atoms with van der Waals surface area (Å²) in [6, 6.07) is 10.1. The van der Waals surface area contributed by atoms with Crippen LogP contribution in [0.2, 0.25) is 5.02 Å². The van der Waals surface area contributed by atoms with Gasteiger partial charge >= 0.3 is 6.61 Å². The molecule has 1 aliphatic carbocycles. The molecule has 32 heavy (non-hydrogen) atoms. The summed E-state index contributed by atoms with van der Waals surface area (Å²) in [5.41, 5.74) is 0.580. The third kappa shape index (κ3) is 4.68. The molecule has 3 rings (SSSR count). The molecule has 0 aromatic heterocycles. The zero-order chi connectivity index (χ0) is 23.5. The summed E-state index contributed by atoms with van der Waals surface area (Å²) in [6.45, 7) is -2.93. The zero-order valence-corrected chi connectivity index (χ0v) is 19.3. The van der Waals surface area contributed by atoms with Gasteiger partial charge < -0.3 is 14.4 Å². The van der Waals surface area contributed by atoms with Crippen LogP contribution >= 0.6 is 11.6 Å². The van der Waals surface area contributed by atoms with E-state index in [9.17, 15) is 22.0 Å². The lowest BCUT2D eigenvalue weighted by Gasteiger charge is -2.32. The quantitative estimate of drug-likeness (QED) is 0.540. The van der Waals surface area contributed by atoms with Crippen LogP contribution in [0.3, 0.4) is 0 Å². The molecule has 6 nitrogen and oxygen atoms in total. The second-order valence-electron chi connectivity index (χ2n) is 7.68. The van der Waals surface area contributed by atoms with Crippen LogP contribution in [0.5, 0.6) is 11.5 Å². The largest absolute Gasteiger partial charge is 0.493 e. The maximum Gasteiger partial charge on any atom is 0.387 e. The third-order valence-corrected chi connectivity index (χ3v) is 8.41. The van der Waals surface area contributed by atoms with Gasteiger partial charge in [0.15, 0.2) is 26.1 Å². The summed E-state index contributed by atoms with van der Waals surface area (Å²) in [5, 5.41) is 0.404. The molecular formula is C22H24ClF2NO5S. The minimum Gasteiger partial charge on any atom is -0.493 e. The number of rotatable bonds is 8. The lowest BCUT2D eigenvalue weighted by molar-refractivity contribution is -0.133. The average Bonchev–Trinajstić information content (AvgIpc) is 3.26. The Morgan fingerprint density at radius 2 is 1.75 bits per heavy atom. The summed E-state index contributed by atoms with van der Waals surface area (Å²) in [5.74, 6) is -0.539. The Labute approximate surface area is 191 Å². The Bertz CT molecular complexity index is 1070. The average molecular weight is 488 g/mol. The van der Waals surface area contributed by atoms with Gasteiger partial charge in [-0.25, -0.2) is 8.42 Å². The number of sulfone groups is 1. The van der Waals surface area contributed by atoms with E-state index in [-0.39, 0.29) is 35.8 Å². The van der Waals surface area contributed by atoms with Crippen LogP contribution in [0.4, 0.5) is 8.78 Å². The molecule has 0 heterocycles. The summed E-state index contributed by atoms with van der Waals surface area (Å²) in [4.78, 5) is 14.9. The fraction of sp³-hybridized carbons (Fsp3) is 0.409. The van der Waals surface area contributed by atoms with Crippen molar-refractivity contribution < 1.29 is 31.5 Å². The minimum absolute atomic E-state index is 0.0562. The SMILES string of the molecule is COc1cc(CN(C)C(=O)C2(S(=O)(=O)c3ccc(Cl)cc3)CCCC2)ccc1OC(F)F. The zero-order valence-electron chi connectivity index (χ0n) is 17.7. The molecule has 1 fully saturated rings. The Kier molecular flexibility index (Phi) is 7.29. The molecule has 1 amide bonds. The van der Waals surface area contributed by atoms with E-state index in [1.54, 1.807) is 0 Å². The molecule has 1 saturated carbocycles. The van der Waals surface area contributed by atoms with Crippen LogP contribution in [-0.4, -0.2) is 44.7 Å². The first-order chi connectivity index (χ1) is 15.1. The maximum atomic E-state index is 13.5. The summed E-state index contributed by atoms with van der Waals surface area (Å²) in [6.07, 6.45) is 1.71. The van der Waals surface area contributed by atoms with Crippen LogP contribution in [0.1, 0.15) is 31.2 Å². The summed E-state index contributed by atoms with van der Waals surface area (Å²) in [7, 11) is -1.12. The highest BCUT2D eigenvalue weighted by Crippen LogP contribution is 2.42. The van der Waals surface area contributed by atoms with E-state index < -0.39 is 27.1 Å². The van der Waals surface area contributed by atoms with Crippen molar-refractivity contribution in [1.82, 2.24) is 4.90 Å². The number of hydrogen-bond donors (Lipinski definition) is 0. The first-order valence-electron chi connectivity index (χ1n) is 9.98. The number of carbonyl (C=O) groups excluding carboxylic acids is 1. The molecular weight excluding hydrogens is 464 g/mol. The number of alkyl halides is 2. The number of hydrogen-bond acceptors (Lipinski definition) is 5. The van der Waals surface area contributed by atoms with Gasteiger partial charge in [-0.05, 0) is 54.8 Å². The topological polar surface area (TPSA) is 72.9 Å². The van der Waals surface area contributed by atoms with Crippen LogP contribution in [0.15, 0.2) is 47.4 Å². The highest BCUT2D eigenvalue weighted by atomic mass is 35.5. The van der Waals surface area contributed by atoms with Crippen molar-refractivity contribution in [3.63, 3.8) is 0 Å². The van der Waals surface area contributed by atoms with Gasteiger partial charge in [0.2, 0.25) is 5.91 Å². The number of amides is 1. The molecule has 0 radical (unpaired) electrons. The standard InChI is InChI=1S/C22H24ClF2NO5S/c1-26(14-15-5-10-18(31-21(24)25)19(13-15)30-2)20(27)22(11-3-4-12-22)32(28,29)17-8-6-16(23)7-9-17/h5-10,13,21H,3-4,11-12,14H2,1-2H3. The maximum absolute atomic E-state index is 13.5. The molecule has 0 N–H and O–H groups in total. The van der Waals surface area contributed by atoms with Gasteiger partial charge in [-0.1, -0.05) is 30.5 Å². The summed E-state index contributed by atoms with van der Waals surface area (Å²) >= 11 is 5.89. The molecule has 0 aliphatic heterocycles. The molecule has 174 valence electrons. The molecule has 2 aromatic rings. The Morgan fingerprint density at radius 1 is 1.12 bits per heavy atom.